The highest BCUT2D eigenvalue weighted by atomic mass is 19.1. The molecule has 1 saturated heterocycles. The summed E-state index contributed by atoms with van der Waals surface area (Å²) in [6.07, 6.45) is 2.67. The number of hydrogen-bond donors (Lipinski definition) is 0. The first-order valence-electron chi connectivity index (χ1n) is 7.89. The molecule has 122 valence electrons. The summed E-state index contributed by atoms with van der Waals surface area (Å²) < 4.78 is 24.3. The van der Waals surface area contributed by atoms with Gasteiger partial charge in [-0.2, -0.15) is 0 Å². The molecule has 0 saturated carbocycles. The Morgan fingerprint density at radius 2 is 1.79 bits per heavy atom. The molecule has 6 heteroatoms. The Bertz CT molecular complexity index is 849. The van der Waals surface area contributed by atoms with Crippen molar-refractivity contribution in [2.75, 3.05) is 13.2 Å². The third kappa shape index (κ3) is 3.11. The molecule has 0 aliphatic carbocycles. The Kier molecular flexibility index (Phi) is 4.15. The summed E-state index contributed by atoms with van der Waals surface area (Å²) >= 11 is 0. The predicted octanol–water partition coefficient (Wildman–Crippen LogP) is 3.14. The number of ether oxygens (including phenoxy) is 2. The van der Waals surface area contributed by atoms with Crippen LogP contribution >= 0.6 is 0 Å². The zero-order valence-corrected chi connectivity index (χ0v) is 13.0. The fourth-order valence-electron chi connectivity index (χ4n) is 2.73. The first kappa shape index (κ1) is 15.1. The zero-order valence-electron chi connectivity index (χ0n) is 13.0. The van der Waals surface area contributed by atoms with E-state index in [1.165, 1.54) is 18.5 Å². The van der Waals surface area contributed by atoms with Crippen LogP contribution in [-0.4, -0.2) is 34.5 Å². The molecule has 0 atom stereocenters. The molecule has 1 aliphatic rings. The summed E-state index contributed by atoms with van der Waals surface area (Å²) in [5.74, 6) is -0.268. The van der Waals surface area contributed by atoms with Gasteiger partial charge in [-0.3, -0.25) is 0 Å². The number of hydrogen-bond acceptors (Lipinski definition) is 5. The van der Waals surface area contributed by atoms with E-state index in [9.17, 15) is 4.39 Å². The average Bonchev–Trinajstić information content (AvgIpc) is 2.63. The molecule has 3 heterocycles. The van der Waals surface area contributed by atoms with Gasteiger partial charge in [0.15, 0.2) is 6.29 Å². The van der Waals surface area contributed by atoms with Crippen LogP contribution in [-0.2, 0) is 15.9 Å². The highest BCUT2D eigenvalue weighted by molar-refractivity contribution is 5.79. The number of fused-ring (bicyclic) bond motifs is 1. The Balaban J connectivity index is 1.71. The van der Waals surface area contributed by atoms with Gasteiger partial charge in [0.05, 0.1) is 30.1 Å². The van der Waals surface area contributed by atoms with Gasteiger partial charge in [-0.15, -0.1) is 0 Å². The minimum absolute atomic E-state index is 0.268. The average molecular weight is 325 g/mol. The van der Waals surface area contributed by atoms with E-state index in [1.54, 1.807) is 12.1 Å². The van der Waals surface area contributed by atoms with E-state index in [2.05, 4.69) is 15.0 Å². The van der Waals surface area contributed by atoms with Crippen LogP contribution in [0.5, 0.6) is 0 Å². The minimum atomic E-state index is -0.298. The van der Waals surface area contributed by atoms with E-state index < -0.39 is 0 Å². The molecule has 1 aromatic carbocycles. The largest absolute Gasteiger partial charge is 0.352 e. The summed E-state index contributed by atoms with van der Waals surface area (Å²) in [6, 6.07) is 10.0. The van der Waals surface area contributed by atoms with E-state index in [4.69, 9.17) is 9.47 Å². The Hall–Kier alpha value is -2.44. The molecule has 0 radical (unpaired) electrons. The van der Waals surface area contributed by atoms with Crippen molar-refractivity contribution >= 4 is 11.0 Å². The van der Waals surface area contributed by atoms with Gasteiger partial charge in [-0.25, -0.2) is 19.3 Å². The Morgan fingerprint density at radius 1 is 1.00 bits per heavy atom. The quantitative estimate of drug-likeness (QED) is 0.740. The maximum atomic E-state index is 13.1. The fourth-order valence-corrected chi connectivity index (χ4v) is 2.73. The molecule has 1 fully saturated rings. The highest BCUT2D eigenvalue weighted by Gasteiger charge is 2.18. The molecule has 2 aromatic heterocycles. The molecule has 0 bridgehead atoms. The van der Waals surface area contributed by atoms with Crippen molar-refractivity contribution in [2.45, 2.75) is 19.1 Å². The number of pyridine rings is 1. The second-order valence-electron chi connectivity index (χ2n) is 5.62. The fraction of sp³-hybridized carbons (Fsp3) is 0.278. The SMILES string of the molecule is Fc1ccc(-c2ccc3ncnc(CC4OCCCO4)c3n2)cc1. The first-order valence-corrected chi connectivity index (χ1v) is 7.89. The van der Waals surface area contributed by atoms with E-state index in [0.29, 0.717) is 19.6 Å². The molecule has 0 unspecified atom stereocenters. The zero-order chi connectivity index (χ0) is 16.4. The lowest BCUT2D eigenvalue weighted by molar-refractivity contribution is -0.177. The number of halogens is 1. The van der Waals surface area contributed by atoms with Crippen LogP contribution in [0.25, 0.3) is 22.3 Å². The van der Waals surface area contributed by atoms with E-state index in [0.717, 1.165) is 34.4 Å². The number of rotatable bonds is 3. The van der Waals surface area contributed by atoms with Gasteiger partial charge in [-0.1, -0.05) is 0 Å². The summed E-state index contributed by atoms with van der Waals surface area (Å²) in [5, 5.41) is 0. The van der Waals surface area contributed by atoms with Crippen molar-refractivity contribution in [3.8, 4) is 11.3 Å². The summed E-state index contributed by atoms with van der Waals surface area (Å²) in [4.78, 5) is 13.3. The molecule has 0 amide bonds. The van der Waals surface area contributed by atoms with Crippen LogP contribution in [0.3, 0.4) is 0 Å². The van der Waals surface area contributed by atoms with E-state index in [1.807, 2.05) is 12.1 Å². The van der Waals surface area contributed by atoms with Gasteiger partial charge in [0, 0.05) is 12.0 Å². The summed E-state index contributed by atoms with van der Waals surface area (Å²) in [6.45, 7) is 1.39. The smallest absolute Gasteiger partial charge is 0.163 e. The molecule has 0 N–H and O–H groups in total. The maximum absolute atomic E-state index is 13.1. The molecule has 4 rings (SSSR count). The maximum Gasteiger partial charge on any atom is 0.163 e. The van der Waals surface area contributed by atoms with Crippen molar-refractivity contribution in [1.29, 1.82) is 0 Å². The Labute approximate surface area is 138 Å². The summed E-state index contributed by atoms with van der Waals surface area (Å²) in [7, 11) is 0. The molecule has 0 spiro atoms. The van der Waals surface area contributed by atoms with Crippen molar-refractivity contribution in [1.82, 2.24) is 15.0 Å². The Morgan fingerprint density at radius 3 is 2.58 bits per heavy atom. The number of nitrogens with zero attached hydrogens (tertiary/aromatic N) is 3. The van der Waals surface area contributed by atoms with E-state index in [-0.39, 0.29) is 12.1 Å². The second kappa shape index (κ2) is 6.59. The normalized spacial score (nSPS) is 15.7. The van der Waals surface area contributed by atoms with Gasteiger partial charge in [-0.05, 0) is 42.8 Å². The number of benzene rings is 1. The first-order chi connectivity index (χ1) is 11.8. The third-order valence-corrected chi connectivity index (χ3v) is 3.95. The predicted molar refractivity (Wildman–Crippen MR) is 86.7 cm³/mol. The second-order valence-corrected chi connectivity index (χ2v) is 5.62. The molecular formula is C18H16FN3O2. The van der Waals surface area contributed by atoms with Crippen LogP contribution in [0.15, 0.2) is 42.7 Å². The van der Waals surface area contributed by atoms with Crippen LogP contribution in [0.2, 0.25) is 0 Å². The van der Waals surface area contributed by atoms with Crippen molar-refractivity contribution in [3.63, 3.8) is 0 Å². The van der Waals surface area contributed by atoms with Gasteiger partial charge in [0.25, 0.3) is 0 Å². The van der Waals surface area contributed by atoms with E-state index >= 15 is 0 Å². The highest BCUT2D eigenvalue weighted by Crippen LogP contribution is 2.23. The molecule has 5 nitrogen and oxygen atoms in total. The molecular weight excluding hydrogens is 309 g/mol. The lowest BCUT2D eigenvalue weighted by atomic mass is 10.1. The van der Waals surface area contributed by atoms with Gasteiger partial charge in [0.2, 0.25) is 0 Å². The topological polar surface area (TPSA) is 57.1 Å². The van der Waals surface area contributed by atoms with Gasteiger partial charge in [0.1, 0.15) is 17.7 Å². The lowest BCUT2D eigenvalue weighted by Gasteiger charge is -2.23. The standard InChI is InChI=1S/C18H16FN3O2/c19-13-4-2-12(3-5-13)14-6-7-15-18(22-14)16(21-11-20-15)10-17-23-8-1-9-24-17/h2-7,11,17H,1,8-10H2. The lowest BCUT2D eigenvalue weighted by Crippen LogP contribution is -2.27. The van der Waals surface area contributed by atoms with Crippen molar-refractivity contribution in [3.05, 3.63) is 54.2 Å². The third-order valence-electron chi connectivity index (χ3n) is 3.95. The van der Waals surface area contributed by atoms with Crippen molar-refractivity contribution < 1.29 is 13.9 Å². The number of aromatic nitrogens is 3. The monoisotopic (exact) mass is 325 g/mol. The minimum Gasteiger partial charge on any atom is -0.352 e. The van der Waals surface area contributed by atoms with Gasteiger partial charge >= 0.3 is 0 Å². The van der Waals surface area contributed by atoms with Gasteiger partial charge < -0.3 is 9.47 Å². The van der Waals surface area contributed by atoms with Crippen molar-refractivity contribution in [2.24, 2.45) is 0 Å². The van der Waals surface area contributed by atoms with Crippen LogP contribution in [0.1, 0.15) is 12.1 Å². The molecule has 24 heavy (non-hydrogen) atoms. The summed E-state index contributed by atoms with van der Waals surface area (Å²) in [5.41, 5.74) is 3.87. The molecule has 1 aliphatic heterocycles. The molecule has 3 aromatic rings. The van der Waals surface area contributed by atoms with Crippen LogP contribution < -0.4 is 0 Å². The van der Waals surface area contributed by atoms with Crippen LogP contribution in [0, 0.1) is 5.82 Å². The van der Waals surface area contributed by atoms with Crippen LogP contribution in [0.4, 0.5) is 4.39 Å².